The highest BCUT2D eigenvalue weighted by molar-refractivity contribution is 7.92. The quantitative estimate of drug-likeness (QED) is 0.599. The lowest BCUT2D eigenvalue weighted by atomic mass is 10.2. The van der Waals surface area contributed by atoms with E-state index in [1.807, 2.05) is 0 Å². The fourth-order valence-corrected chi connectivity index (χ4v) is 3.03. The maximum absolute atomic E-state index is 12.4. The summed E-state index contributed by atoms with van der Waals surface area (Å²) in [6.45, 7) is 0. The van der Waals surface area contributed by atoms with Gasteiger partial charge in [0.05, 0.1) is 28.6 Å². The van der Waals surface area contributed by atoms with Crippen molar-refractivity contribution in [1.82, 2.24) is 0 Å². The molecule has 0 amide bonds. The SMILES string of the molecule is COc1ccc(S(=O)(=O)Nc2ccccc2C(=O)[O-])cc1[N+](=O)[O-]. The number of anilines is 1. The number of aromatic carboxylic acids is 1. The number of ether oxygens (including phenoxy) is 1. The van der Waals surface area contributed by atoms with Crippen molar-refractivity contribution in [2.45, 2.75) is 4.90 Å². The molecule has 0 radical (unpaired) electrons. The number of methoxy groups -OCH3 is 1. The number of nitro groups is 1. The molecule has 0 atom stereocenters. The molecule has 1 N–H and O–H groups in total. The van der Waals surface area contributed by atoms with E-state index in [2.05, 4.69) is 4.72 Å². The molecule has 0 heterocycles. The number of sulfonamides is 1. The van der Waals surface area contributed by atoms with Crippen molar-refractivity contribution in [3.05, 3.63) is 58.1 Å². The number of nitro benzene ring substituents is 1. The number of nitrogens with one attached hydrogen (secondary N) is 1. The number of rotatable bonds is 6. The Labute approximate surface area is 136 Å². The third-order valence-electron chi connectivity index (χ3n) is 3.05. The molecule has 0 aromatic heterocycles. The van der Waals surface area contributed by atoms with Crippen LogP contribution in [-0.2, 0) is 10.0 Å². The fraction of sp³-hybridized carbons (Fsp3) is 0.0714. The lowest BCUT2D eigenvalue weighted by Crippen LogP contribution is -2.24. The van der Waals surface area contributed by atoms with Crippen molar-refractivity contribution in [3.8, 4) is 5.75 Å². The van der Waals surface area contributed by atoms with Crippen LogP contribution in [0.25, 0.3) is 0 Å². The Morgan fingerprint density at radius 3 is 2.46 bits per heavy atom. The van der Waals surface area contributed by atoms with E-state index >= 15 is 0 Å². The first kappa shape index (κ1) is 17.2. The number of carboxylic acids is 1. The predicted molar refractivity (Wildman–Crippen MR) is 81.2 cm³/mol. The molecule has 0 saturated heterocycles. The molecule has 24 heavy (non-hydrogen) atoms. The van der Waals surface area contributed by atoms with E-state index in [9.17, 15) is 28.4 Å². The van der Waals surface area contributed by atoms with Crippen LogP contribution >= 0.6 is 0 Å². The van der Waals surface area contributed by atoms with E-state index in [0.29, 0.717) is 0 Å². The van der Waals surface area contributed by atoms with E-state index in [4.69, 9.17) is 4.74 Å². The lowest BCUT2D eigenvalue weighted by molar-refractivity contribution is -0.386. The predicted octanol–water partition coefficient (Wildman–Crippen LogP) is 0.768. The average Bonchev–Trinajstić information content (AvgIpc) is 2.54. The Balaban J connectivity index is 2.47. The molecule has 0 bridgehead atoms. The van der Waals surface area contributed by atoms with Gasteiger partial charge < -0.3 is 14.6 Å². The summed E-state index contributed by atoms with van der Waals surface area (Å²) in [5.41, 5.74) is -1.10. The zero-order valence-corrected chi connectivity index (χ0v) is 13.1. The molecular formula is C14H11N2O7S-. The number of hydrogen-bond acceptors (Lipinski definition) is 7. The summed E-state index contributed by atoms with van der Waals surface area (Å²) in [7, 11) is -3.04. The molecule has 0 unspecified atom stereocenters. The third-order valence-corrected chi connectivity index (χ3v) is 4.41. The van der Waals surface area contributed by atoms with Crippen LogP contribution in [0.4, 0.5) is 11.4 Å². The van der Waals surface area contributed by atoms with Crippen molar-refractivity contribution in [2.75, 3.05) is 11.8 Å². The summed E-state index contributed by atoms with van der Waals surface area (Å²) in [4.78, 5) is 20.8. The molecule has 0 aliphatic rings. The summed E-state index contributed by atoms with van der Waals surface area (Å²) in [5.74, 6) is -1.66. The van der Waals surface area contributed by atoms with Gasteiger partial charge in [-0.25, -0.2) is 8.42 Å². The van der Waals surface area contributed by atoms with Gasteiger partial charge in [-0.1, -0.05) is 18.2 Å². The van der Waals surface area contributed by atoms with Crippen LogP contribution in [0, 0.1) is 10.1 Å². The summed E-state index contributed by atoms with van der Waals surface area (Å²) in [5, 5.41) is 22.0. The van der Waals surface area contributed by atoms with Crippen molar-refractivity contribution in [3.63, 3.8) is 0 Å². The first-order valence-electron chi connectivity index (χ1n) is 6.42. The zero-order chi connectivity index (χ0) is 17.9. The van der Waals surface area contributed by atoms with Crippen LogP contribution in [0.2, 0.25) is 0 Å². The third kappa shape index (κ3) is 3.43. The summed E-state index contributed by atoms with van der Waals surface area (Å²) >= 11 is 0. The maximum Gasteiger partial charge on any atom is 0.312 e. The van der Waals surface area contributed by atoms with E-state index in [1.165, 1.54) is 31.4 Å². The van der Waals surface area contributed by atoms with E-state index in [-0.39, 0.29) is 17.0 Å². The van der Waals surface area contributed by atoms with Gasteiger partial charge in [0.25, 0.3) is 10.0 Å². The van der Waals surface area contributed by atoms with Gasteiger partial charge in [-0.15, -0.1) is 0 Å². The average molecular weight is 351 g/mol. The first-order chi connectivity index (χ1) is 11.3. The molecule has 10 heteroatoms. The minimum Gasteiger partial charge on any atom is -0.545 e. The van der Waals surface area contributed by atoms with Gasteiger partial charge in [0.2, 0.25) is 0 Å². The van der Waals surface area contributed by atoms with Crippen molar-refractivity contribution >= 4 is 27.4 Å². The number of nitrogens with zero attached hydrogens (tertiary/aromatic N) is 1. The minimum atomic E-state index is -4.25. The second-order valence-corrected chi connectivity index (χ2v) is 6.21. The normalized spacial score (nSPS) is 10.9. The Hall–Kier alpha value is -3.14. The topological polar surface area (TPSA) is 139 Å². The van der Waals surface area contributed by atoms with E-state index < -0.39 is 31.5 Å². The van der Waals surface area contributed by atoms with Gasteiger partial charge >= 0.3 is 5.69 Å². The standard InChI is InChI=1S/C14H12N2O7S/c1-23-13-7-6-9(8-12(13)16(19)20)24(21,22)15-11-5-3-2-4-10(11)14(17)18/h2-8,15H,1H3,(H,17,18)/p-1. The lowest BCUT2D eigenvalue weighted by Gasteiger charge is -2.13. The highest BCUT2D eigenvalue weighted by Crippen LogP contribution is 2.30. The van der Waals surface area contributed by atoms with Crippen molar-refractivity contribution < 1.29 is 28.0 Å². The molecule has 126 valence electrons. The maximum atomic E-state index is 12.4. The fourth-order valence-electron chi connectivity index (χ4n) is 1.93. The minimum absolute atomic E-state index is 0.103. The summed E-state index contributed by atoms with van der Waals surface area (Å²) < 4.78 is 31.6. The number of hydrogen-bond donors (Lipinski definition) is 1. The van der Waals surface area contributed by atoms with Gasteiger partial charge in [0, 0.05) is 11.6 Å². The number of carboxylic acid groups (broad SMARTS) is 1. The molecule has 0 spiro atoms. The van der Waals surface area contributed by atoms with E-state index in [1.54, 1.807) is 0 Å². The Morgan fingerprint density at radius 1 is 1.21 bits per heavy atom. The number of carbonyl (C=O) groups is 1. The highest BCUT2D eigenvalue weighted by Gasteiger charge is 2.22. The molecule has 2 rings (SSSR count). The Kier molecular flexibility index (Phi) is 4.69. The zero-order valence-electron chi connectivity index (χ0n) is 12.3. The number of para-hydroxylation sites is 1. The second-order valence-electron chi connectivity index (χ2n) is 4.53. The summed E-state index contributed by atoms with van der Waals surface area (Å²) in [6, 6.07) is 8.31. The van der Waals surface area contributed by atoms with Crippen molar-refractivity contribution in [2.24, 2.45) is 0 Å². The number of carbonyl (C=O) groups excluding carboxylic acids is 1. The second kappa shape index (κ2) is 6.54. The van der Waals surface area contributed by atoms with Crippen LogP contribution in [0.15, 0.2) is 47.4 Å². The molecule has 0 aliphatic carbocycles. The van der Waals surface area contributed by atoms with Crippen LogP contribution in [0.1, 0.15) is 10.4 Å². The highest BCUT2D eigenvalue weighted by atomic mass is 32.2. The van der Waals surface area contributed by atoms with E-state index in [0.717, 1.165) is 18.2 Å². The molecule has 0 saturated carbocycles. The van der Waals surface area contributed by atoms with Crippen molar-refractivity contribution in [1.29, 1.82) is 0 Å². The number of benzene rings is 2. The van der Waals surface area contributed by atoms with Crippen LogP contribution < -0.4 is 14.6 Å². The van der Waals surface area contributed by atoms with Gasteiger partial charge in [0.1, 0.15) is 0 Å². The Morgan fingerprint density at radius 2 is 1.88 bits per heavy atom. The van der Waals surface area contributed by atoms with Crippen LogP contribution in [-0.4, -0.2) is 26.4 Å². The molecule has 2 aromatic carbocycles. The van der Waals surface area contributed by atoms with Crippen LogP contribution in [0.3, 0.4) is 0 Å². The molecule has 9 nitrogen and oxygen atoms in total. The molecular weight excluding hydrogens is 340 g/mol. The van der Waals surface area contributed by atoms with Gasteiger partial charge in [0.15, 0.2) is 5.75 Å². The van der Waals surface area contributed by atoms with Crippen LogP contribution in [0.5, 0.6) is 5.75 Å². The first-order valence-corrected chi connectivity index (χ1v) is 7.90. The van der Waals surface area contributed by atoms with Gasteiger partial charge in [-0.2, -0.15) is 0 Å². The monoisotopic (exact) mass is 351 g/mol. The Bertz CT molecular complexity index is 909. The molecule has 2 aromatic rings. The van der Waals surface area contributed by atoms with Gasteiger partial charge in [-0.05, 0) is 18.2 Å². The smallest absolute Gasteiger partial charge is 0.312 e. The largest absolute Gasteiger partial charge is 0.545 e. The van der Waals surface area contributed by atoms with Gasteiger partial charge in [-0.3, -0.25) is 14.8 Å². The summed E-state index contributed by atoms with van der Waals surface area (Å²) in [6.07, 6.45) is 0. The molecule has 0 fully saturated rings. The molecule has 0 aliphatic heterocycles.